The van der Waals surface area contributed by atoms with Crippen LogP contribution in [0.4, 0.5) is 0 Å². The standard InChI is InChI=1S/C16H22O4/c1-16(2,3)20-15(18)9-11-4-7-14-12(8-11)5-6-13(10-17)19-14/h4,7-8,13,17H,5-6,9-10H2,1-3H3/t13-/m1/s1. The molecule has 1 aliphatic heterocycles. The third-order valence-corrected chi connectivity index (χ3v) is 3.13. The quantitative estimate of drug-likeness (QED) is 0.862. The van der Waals surface area contributed by atoms with Crippen molar-refractivity contribution < 1.29 is 19.4 Å². The summed E-state index contributed by atoms with van der Waals surface area (Å²) in [6.45, 7) is 5.63. The lowest BCUT2D eigenvalue weighted by Crippen LogP contribution is -2.26. The summed E-state index contributed by atoms with van der Waals surface area (Å²) in [5.74, 6) is 0.589. The molecular weight excluding hydrogens is 256 g/mol. The molecule has 0 aliphatic carbocycles. The van der Waals surface area contributed by atoms with Gasteiger partial charge < -0.3 is 14.6 Å². The van der Waals surface area contributed by atoms with Gasteiger partial charge in [0.2, 0.25) is 0 Å². The molecule has 0 saturated carbocycles. The molecule has 1 heterocycles. The maximum atomic E-state index is 11.8. The minimum Gasteiger partial charge on any atom is -0.488 e. The van der Waals surface area contributed by atoms with Crippen LogP contribution in [0.2, 0.25) is 0 Å². The molecule has 2 rings (SSSR count). The van der Waals surface area contributed by atoms with E-state index in [0.717, 1.165) is 29.7 Å². The van der Waals surface area contributed by atoms with Gasteiger partial charge in [0.15, 0.2) is 0 Å². The Balaban J connectivity index is 2.03. The van der Waals surface area contributed by atoms with Gasteiger partial charge in [0.05, 0.1) is 13.0 Å². The summed E-state index contributed by atoms with van der Waals surface area (Å²) in [4.78, 5) is 11.8. The number of esters is 1. The highest BCUT2D eigenvalue weighted by atomic mass is 16.6. The molecule has 0 saturated heterocycles. The molecule has 1 aromatic rings. The highest BCUT2D eigenvalue weighted by Crippen LogP contribution is 2.28. The SMILES string of the molecule is CC(C)(C)OC(=O)Cc1ccc2c(c1)CC[C@H](CO)O2. The van der Waals surface area contributed by atoms with Gasteiger partial charge in [-0.3, -0.25) is 4.79 Å². The lowest BCUT2D eigenvalue weighted by Gasteiger charge is -2.25. The lowest BCUT2D eigenvalue weighted by molar-refractivity contribution is -0.153. The largest absolute Gasteiger partial charge is 0.488 e. The lowest BCUT2D eigenvalue weighted by atomic mass is 9.99. The fourth-order valence-electron chi connectivity index (χ4n) is 2.28. The minimum atomic E-state index is -0.456. The van der Waals surface area contributed by atoms with Crippen molar-refractivity contribution in [2.75, 3.05) is 6.61 Å². The molecule has 0 amide bonds. The Kier molecular flexibility index (Phi) is 4.33. The van der Waals surface area contributed by atoms with E-state index < -0.39 is 5.60 Å². The van der Waals surface area contributed by atoms with E-state index in [4.69, 9.17) is 14.6 Å². The maximum absolute atomic E-state index is 11.8. The second-order valence-electron chi connectivity index (χ2n) is 6.17. The van der Waals surface area contributed by atoms with Gasteiger partial charge in [0.1, 0.15) is 17.5 Å². The van der Waals surface area contributed by atoms with Crippen LogP contribution in [0.3, 0.4) is 0 Å². The van der Waals surface area contributed by atoms with Crippen LogP contribution in [0.5, 0.6) is 5.75 Å². The van der Waals surface area contributed by atoms with Crippen molar-refractivity contribution in [1.82, 2.24) is 0 Å². The van der Waals surface area contributed by atoms with Crippen molar-refractivity contribution in [2.24, 2.45) is 0 Å². The number of hydrogen-bond acceptors (Lipinski definition) is 4. The van der Waals surface area contributed by atoms with Crippen LogP contribution in [0.15, 0.2) is 18.2 Å². The zero-order chi connectivity index (χ0) is 14.8. The number of fused-ring (bicyclic) bond motifs is 1. The number of benzene rings is 1. The summed E-state index contributed by atoms with van der Waals surface area (Å²) in [5.41, 5.74) is 1.57. The predicted octanol–water partition coefficient (Wildman–Crippen LogP) is 2.26. The molecule has 4 nitrogen and oxygen atoms in total. The van der Waals surface area contributed by atoms with Gasteiger partial charge in [-0.2, -0.15) is 0 Å². The number of ether oxygens (including phenoxy) is 2. The van der Waals surface area contributed by atoms with Gasteiger partial charge in [0.25, 0.3) is 0 Å². The van der Waals surface area contributed by atoms with Crippen molar-refractivity contribution in [1.29, 1.82) is 0 Å². The molecular formula is C16H22O4. The summed E-state index contributed by atoms with van der Waals surface area (Å²) < 4.78 is 11.0. The van der Waals surface area contributed by atoms with Crippen molar-refractivity contribution >= 4 is 5.97 Å². The van der Waals surface area contributed by atoms with E-state index in [1.54, 1.807) is 0 Å². The van der Waals surface area contributed by atoms with Gasteiger partial charge in [-0.05, 0) is 50.8 Å². The summed E-state index contributed by atoms with van der Waals surface area (Å²) in [5, 5.41) is 9.11. The minimum absolute atomic E-state index is 0.0408. The first-order chi connectivity index (χ1) is 9.37. The molecule has 0 fully saturated rings. The van der Waals surface area contributed by atoms with Crippen molar-refractivity contribution in [3.8, 4) is 5.75 Å². The molecule has 0 radical (unpaired) electrons. The molecule has 1 atom stereocenters. The summed E-state index contributed by atoms with van der Waals surface area (Å²) in [6, 6.07) is 5.74. The third-order valence-electron chi connectivity index (χ3n) is 3.13. The van der Waals surface area contributed by atoms with Crippen molar-refractivity contribution in [3.05, 3.63) is 29.3 Å². The van der Waals surface area contributed by atoms with Gasteiger partial charge in [0, 0.05) is 0 Å². The van der Waals surface area contributed by atoms with Gasteiger partial charge >= 0.3 is 5.97 Å². The number of rotatable bonds is 3. The van der Waals surface area contributed by atoms with E-state index in [2.05, 4.69) is 0 Å². The molecule has 4 heteroatoms. The van der Waals surface area contributed by atoms with Crippen LogP contribution < -0.4 is 4.74 Å². The van der Waals surface area contributed by atoms with Crippen LogP contribution in [0.25, 0.3) is 0 Å². The molecule has 0 aromatic heterocycles. The number of hydrogen-bond donors (Lipinski definition) is 1. The molecule has 0 bridgehead atoms. The molecule has 110 valence electrons. The Morgan fingerprint density at radius 3 is 2.85 bits per heavy atom. The smallest absolute Gasteiger partial charge is 0.310 e. The Bertz CT molecular complexity index is 488. The Labute approximate surface area is 119 Å². The summed E-state index contributed by atoms with van der Waals surface area (Å²) in [6.07, 6.45) is 1.83. The Morgan fingerprint density at radius 1 is 1.45 bits per heavy atom. The number of carbonyl (C=O) groups excluding carboxylic acids is 1. The Hall–Kier alpha value is -1.55. The summed E-state index contributed by atoms with van der Waals surface area (Å²) >= 11 is 0. The number of aryl methyl sites for hydroxylation is 1. The first-order valence-corrected chi connectivity index (χ1v) is 6.98. The van der Waals surface area contributed by atoms with Gasteiger partial charge in [-0.25, -0.2) is 0 Å². The molecule has 1 aliphatic rings. The van der Waals surface area contributed by atoms with Crippen molar-refractivity contribution in [2.45, 2.75) is 51.7 Å². The molecule has 1 aromatic carbocycles. The van der Waals surface area contributed by atoms with Crippen LogP contribution in [0.1, 0.15) is 38.3 Å². The fraction of sp³-hybridized carbons (Fsp3) is 0.562. The monoisotopic (exact) mass is 278 g/mol. The van der Waals surface area contributed by atoms with E-state index >= 15 is 0 Å². The zero-order valence-electron chi connectivity index (χ0n) is 12.3. The third kappa shape index (κ3) is 3.97. The predicted molar refractivity (Wildman–Crippen MR) is 75.8 cm³/mol. The van der Waals surface area contributed by atoms with Crippen LogP contribution in [0, 0.1) is 0 Å². The molecule has 20 heavy (non-hydrogen) atoms. The average Bonchev–Trinajstić information content (AvgIpc) is 2.35. The fourth-order valence-corrected chi connectivity index (χ4v) is 2.28. The van der Waals surface area contributed by atoms with Crippen LogP contribution in [-0.2, 0) is 22.4 Å². The first kappa shape index (κ1) is 14.9. The van der Waals surface area contributed by atoms with E-state index in [1.807, 2.05) is 39.0 Å². The van der Waals surface area contributed by atoms with E-state index in [-0.39, 0.29) is 25.1 Å². The highest BCUT2D eigenvalue weighted by Gasteiger charge is 2.20. The normalized spacial score (nSPS) is 18.1. The van der Waals surface area contributed by atoms with E-state index in [0.29, 0.717) is 0 Å². The molecule has 1 N–H and O–H groups in total. The van der Waals surface area contributed by atoms with Gasteiger partial charge in [-0.15, -0.1) is 0 Å². The first-order valence-electron chi connectivity index (χ1n) is 6.98. The second-order valence-corrected chi connectivity index (χ2v) is 6.17. The molecule has 0 spiro atoms. The van der Waals surface area contributed by atoms with E-state index in [1.165, 1.54) is 0 Å². The second kappa shape index (κ2) is 5.83. The number of aliphatic hydroxyl groups excluding tert-OH is 1. The summed E-state index contributed by atoms with van der Waals surface area (Å²) in [7, 11) is 0. The number of carbonyl (C=O) groups is 1. The maximum Gasteiger partial charge on any atom is 0.310 e. The average molecular weight is 278 g/mol. The zero-order valence-corrected chi connectivity index (χ0v) is 12.3. The molecule has 0 unspecified atom stereocenters. The van der Waals surface area contributed by atoms with Crippen molar-refractivity contribution in [3.63, 3.8) is 0 Å². The van der Waals surface area contributed by atoms with Gasteiger partial charge in [-0.1, -0.05) is 12.1 Å². The van der Waals surface area contributed by atoms with Crippen LogP contribution in [-0.4, -0.2) is 29.4 Å². The van der Waals surface area contributed by atoms with Crippen LogP contribution >= 0.6 is 0 Å². The highest BCUT2D eigenvalue weighted by molar-refractivity contribution is 5.73. The Morgan fingerprint density at radius 2 is 2.20 bits per heavy atom. The van der Waals surface area contributed by atoms with E-state index in [9.17, 15) is 4.79 Å². The number of aliphatic hydroxyl groups is 1. The topological polar surface area (TPSA) is 55.8 Å².